The Morgan fingerprint density at radius 1 is 1.00 bits per heavy atom. The minimum absolute atomic E-state index is 0.0996. The predicted molar refractivity (Wildman–Crippen MR) is 135 cm³/mol. The first kappa shape index (κ1) is 30.7. The molecule has 35 heavy (non-hydrogen) atoms. The third-order valence-electron chi connectivity index (χ3n) is 6.05. The average molecular weight is 521 g/mol. The second-order valence-corrected chi connectivity index (χ2v) is 16.5. The van der Waals surface area contributed by atoms with E-state index < -0.39 is 20.0 Å². The summed E-state index contributed by atoms with van der Waals surface area (Å²) in [5.74, 6) is 0.239. The van der Waals surface area contributed by atoms with Gasteiger partial charge in [-0.3, -0.25) is 0 Å². The van der Waals surface area contributed by atoms with E-state index in [0.29, 0.717) is 19.8 Å². The lowest BCUT2D eigenvalue weighted by Crippen LogP contribution is -2.41. The second kappa shape index (κ2) is 15.0. The standard InChI is InChI=1S/C25H48O9Si/c1-19(11-12-28-16-26-4)23(30-17-27-5)24(31-18-29-13-14-35(6,7)8)21-10-9-20(33-21)22-15-32-25(2,3)34-22/h10,19-20,22-24H,9,11-18H2,1-8H3/t19-,20+,22+,23-,24-/m1/s1. The van der Waals surface area contributed by atoms with E-state index in [-0.39, 0.29) is 44.6 Å². The Hall–Kier alpha value is -0.563. The Morgan fingerprint density at radius 2 is 1.71 bits per heavy atom. The molecule has 2 heterocycles. The molecule has 0 aliphatic carbocycles. The van der Waals surface area contributed by atoms with Crippen LogP contribution < -0.4 is 0 Å². The Balaban J connectivity index is 2.06. The van der Waals surface area contributed by atoms with E-state index in [1.807, 2.05) is 13.8 Å². The lowest BCUT2D eigenvalue weighted by atomic mass is 9.95. The summed E-state index contributed by atoms with van der Waals surface area (Å²) in [7, 11) is 2.04. The molecular formula is C25H48O9Si. The molecule has 0 bridgehead atoms. The van der Waals surface area contributed by atoms with Gasteiger partial charge in [-0.25, -0.2) is 0 Å². The monoisotopic (exact) mass is 520 g/mol. The van der Waals surface area contributed by atoms with E-state index in [9.17, 15) is 0 Å². The minimum atomic E-state index is -1.18. The summed E-state index contributed by atoms with van der Waals surface area (Å²) in [5.41, 5.74) is 0. The van der Waals surface area contributed by atoms with Crippen LogP contribution in [0, 0.1) is 5.92 Å². The van der Waals surface area contributed by atoms with Crippen molar-refractivity contribution in [1.29, 1.82) is 0 Å². The summed E-state index contributed by atoms with van der Waals surface area (Å²) in [6.07, 6.45) is 2.53. The van der Waals surface area contributed by atoms with Crippen molar-refractivity contribution in [3.8, 4) is 0 Å². The van der Waals surface area contributed by atoms with Crippen molar-refractivity contribution >= 4 is 8.07 Å². The molecule has 2 aliphatic heterocycles. The van der Waals surface area contributed by atoms with Crippen LogP contribution in [0.25, 0.3) is 0 Å². The largest absolute Gasteiger partial charge is 0.489 e. The van der Waals surface area contributed by atoms with Crippen LogP contribution in [0.15, 0.2) is 11.8 Å². The molecule has 2 aliphatic rings. The van der Waals surface area contributed by atoms with Gasteiger partial charge in [0.2, 0.25) is 0 Å². The number of hydrogen-bond donors (Lipinski definition) is 0. The lowest BCUT2D eigenvalue weighted by Gasteiger charge is -2.33. The van der Waals surface area contributed by atoms with E-state index in [1.54, 1.807) is 14.2 Å². The van der Waals surface area contributed by atoms with Gasteiger partial charge < -0.3 is 42.6 Å². The van der Waals surface area contributed by atoms with Gasteiger partial charge in [-0.15, -0.1) is 0 Å². The first-order chi connectivity index (χ1) is 16.6. The molecule has 0 unspecified atom stereocenters. The Kier molecular flexibility index (Phi) is 13.1. The molecule has 0 aromatic heterocycles. The Morgan fingerprint density at radius 3 is 2.34 bits per heavy atom. The first-order valence-corrected chi connectivity index (χ1v) is 16.3. The molecule has 2 rings (SSSR count). The fourth-order valence-electron chi connectivity index (χ4n) is 3.98. The van der Waals surface area contributed by atoms with Crippen molar-refractivity contribution in [2.45, 2.75) is 89.5 Å². The minimum Gasteiger partial charge on any atom is -0.489 e. The maximum absolute atomic E-state index is 6.38. The van der Waals surface area contributed by atoms with Crippen LogP contribution in [-0.4, -0.2) is 92.7 Å². The van der Waals surface area contributed by atoms with Gasteiger partial charge in [0.15, 0.2) is 5.79 Å². The topological polar surface area (TPSA) is 83.1 Å². The Bertz CT molecular complexity index is 623. The van der Waals surface area contributed by atoms with Gasteiger partial charge in [-0.2, -0.15) is 0 Å². The van der Waals surface area contributed by atoms with E-state index in [4.69, 9.17) is 42.6 Å². The molecule has 0 spiro atoms. The zero-order valence-corrected chi connectivity index (χ0v) is 24.0. The SMILES string of the molecule is COCOCC[C@@H](C)[C@@H](OCOC)[C@H](OCOCC[Si](C)(C)C)C1=CC[C@@H]([C@@H]2COC(C)(C)O2)O1. The van der Waals surface area contributed by atoms with Gasteiger partial charge in [0.1, 0.15) is 44.4 Å². The van der Waals surface area contributed by atoms with Crippen molar-refractivity contribution in [2.75, 3.05) is 54.4 Å². The molecule has 1 fully saturated rings. The van der Waals surface area contributed by atoms with Gasteiger partial charge in [0.25, 0.3) is 0 Å². The number of hydrogen-bond acceptors (Lipinski definition) is 9. The van der Waals surface area contributed by atoms with Crippen LogP contribution in [0.1, 0.15) is 33.6 Å². The van der Waals surface area contributed by atoms with Crippen LogP contribution in [0.2, 0.25) is 25.7 Å². The third kappa shape index (κ3) is 11.2. The molecule has 1 saturated heterocycles. The maximum Gasteiger partial charge on any atom is 0.163 e. The van der Waals surface area contributed by atoms with E-state index in [0.717, 1.165) is 24.6 Å². The highest BCUT2D eigenvalue weighted by molar-refractivity contribution is 6.76. The Labute approximate surface area is 212 Å². The highest BCUT2D eigenvalue weighted by Crippen LogP contribution is 2.34. The van der Waals surface area contributed by atoms with Crippen molar-refractivity contribution in [3.05, 3.63) is 11.8 Å². The van der Waals surface area contributed by atoms with Gasteiger partial charge in [0, 0.05) is 41.9 Å². The molecule has 10 heteroatoms. The lowest BCUT2D eigenvalue weighted by molar-refractivity contribution is -0.181. The summed E-state index contributed by atoms with van der Waals surface area (Å²) in [6.45, 7) is 15.2. The van der Waals surface area contributed by atoms with Crippen LogP contribution in [0.5, 0.6) is 0 Å². The predicted octanol–water partition coefficient (Wildman–Crippen LogP) is 4.14. The summed E-state index contributed by atoms with van der Waals surface area (Å²) in [6, 6.07) is 1.08. The van der Waals surface area contributed by atoms with Crippen LogP contribution in [0.4, 0.5) is 0 Å². The van der Waals surface area contributed by atoms with Crippen LogP contribution in [0.3, 0.4) is 0 Å². The fourth-order valence-corrected chi connectivity index (χ4v) is 4.74. The molecular weight excluding hydrogens is 472 g/mol. The number of rotatable bonds is 18. The summed E-state index contributed by atoms with van der Waals surface area (Å²) in [5, 5.41) is 0. The normalized spacial score (nSPS) is 24.7. The van der Waals surface area contributed by atoms with E-state index >= 15 is 0 Å². The molecule has 0 radical (unpaired) electrons. The van der Waals surface area contributed by atoms with E-state index in [1.165, 1.54) is 0 Å². The number of methoxy groups -OCH3 is 2. The third-order valence-corrected chi connectivity index (χ3v) is 7.75. The summed E-state index contributed by atoms with van der Waals surface area (Å²) in [4.78, 5) is 0. The van der Waals surface area contributed by atoms with Crippen LogP contribution >= 0.6 is 0 Å². The molecule has 206 valence electrons. The van der Waals surface area contributed by atoms with Crippen molar-refractivity contribution < 1.29 is 42.6 Å². The molecule has 0 aromatic carbocycles. The van der Waals surface area contributed by atoms with Crippen molar-refractivity contribution in [2.24, 2.45) is 5.92 Å². The quantitative estimate of drug-likeness (QED) is 0.150. The smallest absolute Gasteiger partial charge is 0.163 e. The maximum atomic E-state index is 6.38. The highest BCUT2D eigenvalue weighted by Gasteiger charge is 2.42. The molecule has 5 atom stereocenters. The van der Waals surface area contributed by atoms with Gasteiger partial charge >= 0.3 is 0 Å². The molecule has 0 saturated carbocycles. The van der Waals surface area contributed by atoms with Gasteiger partial charge in [-0.05, 0) is 38.3 Å². The van der Waals surface area contributed by atoms with Crippen molar-refractivity contribution in [1.82, 2.24) is 0 Å². The highest BCUT2D eigenvalue weighted by atomic mass is 28.3. The molecule has 0 N–H and O–H groups in total. The first-order valence-electron chi connectivity index (χ1n) is 12.6. The van der Waals surface area contributed by atoms with Crippen LogP contribution in [-0.2, 0) is 42.6 Å². The van der Waals surface area contributed by atoms with E-state index in [2.05, 4.69) is 32.6 Å². The van der Waals surface area contributed by atoms with Crippen molar-refractivity contribution in [3.63, 3.8) is 0 Å². The zero-order chi connectivity index (χ0) is 25.9. The summed E-state index contributed by atoms with van der Waals surface area (Å²) >= 11 is 0. The zero-order valence-electron chi connectivity index (χ0n) is 23.0. The fraction of sp³-hybridized carbons (Fsp3) is 0.920. The second-order valence-electron chi connectivity index (χ2n) is 10.9. The van der Waals surface area contributed by atoms with Gasteiger partial charge in [0.05, 0.1) is 12.7 Å². The summed E-state index contributed by atoms with van der Waals surface area (Å²) < 4.78 is 52.2. The molecule has 9 nitrogen and oxygen atoms in total. The molecule has 0 aromatic rings. The molecule has 0 amide bonds. The van der Waals surface area contributed by atoms with Gasteiger partial charge in [-0.1, -0.05) is 26.6 Å². The average Bonchev–Trinajstić information content (AvgIpc) is 3.40. The number of ether oxygens (including phenoxy) is 9.